The molecule has 22 heavy (non-hydrogen) atoms. The predicted octanol–water partition coefficient (Wildman–Crippen LogP) is 3.45. The highest BCUT2D eigenvalue weighted by atomic mass is 16.5. The SMILES string of the molecule is CC1CC(C)N(CCCOC(=O)c2ccccc2O)C(C)C1. The van der Waals surface area contributed by atoms with Crippen molar-refractivity contribution < 1.29 is 14.6 Å². The molecule has 1 saturated heterocycles. The normalized spacial score (nSPS) is 25.9. The van der Waals surface area contributed by atoms with Crippen LogP contribution in [0.25, 0.3) is 0 Å². The Labute approximate surface area is 133 Å². The number of phenols is 1. The molecule has 1 heterocycles. The predicted molar refractivity (Wildman–Crippen MR) is 87.0 cm³/mol. The van der Waals surface area contributed by atoms with E-state index in [9.17, 15) is 9.90 Å². The van der Waals surface area contributed by atoms with E-state index in [1.54, 1.807) is 18.2 Å². The lowest BCUT2D eigenvalue weighted by atomic mass is 9.88. The van der Waals surface area contributed by atoms with Crippen molar-refractivity contribution in [3.63, 3.8) is 0 Å². The van der Waals surface area contributed by atoms with E-state index >= 15 is 0 Å². The lowest BCUT2D eigenvalue weighted by Crippen LogP contribution is -2.46. The van der Waals surface area contributed by atoms with E-state index in [0.717, 1.165) is 18.9 Å². The quantitative estimate of drug-likeness (QED) is 0.668. The van der Waals surface area contributed by atoms with E-state index in [4.69, 9.17) is 4.74 Å². The van der Waals surface area contributed by atoms with Crippen LogP contribution in [0.15, 0.2) is 24.3 Å². The number of hydrogen-bond donors (Lipinski definition) is 1. The highest BCUT2D eigenvalue weighted by Gasteiger charge is 2.28. The fraction of sp³-hybridized carbons (Fsp3) is 0.611. The number of phenolic OH excluding ortho intramolecular Hbond substituents is 1. The van der Waals surface area contributed by atoms with Gasteiger partial charge in [-0.1, -0.05) is 19.1 Å². The zero-order valence-corrected chi connectivity index (χ0v) is 13.8. The van der Waals surface area contributed by atoms with Crippen LogP contribution in [0.4, 0.5) is 0 Å². The number of benzene rings is 1. The summed E-state index contributed by atoms with van der Waals surface area (Å²) in [6.07, 6.45) is 3.30. The van der Waals surface area contributed by atoms with Crippen LogP contribution in [-0.2, 0) is 4.74 Å². The van der Waals surface area contributed by atoms with E-state index in [2.05, 4.69) is 25.7 Å². The zero-order chi connectivity index (χ0) is 16.1. The number of rotatable bonds is 5. The number of nitrogens with zero attached hydrogens (tertiary/aromatic N) is 1. The van der Waals surface area contributed by atoms with Crippen molar-refractivity contribution >= 4 is 5.97 Å². The first-order valence-electron chi connectivity index (χ1n) is 8.20. The molecule has 0 bridgehead atoms. The summed E-state index contributed by atoms with van der Waals surface area (Å²) >= 11 is 0. The molecule has 122 valence electrons. The Morgan fingerprint density at radius 1 is 1.23 bits per heavy atom. The summed E-state index contributed by atoms with van der Waals surface area (Å²) in [5, 5.41) is 9.63. The summed E-state index contributed by atoms with van der Waals surface area (Å²) in [5.74, 6) is 0.311. The maximum atomic E-state index is 11.9. The third-order valence-corrected chi connectivity index (χ3v) is 4.54. The van der Waals surface area contributed by atoms with Crippen LogP contribution >= 0.6 is 0 Å². The Bertz CT molecular complexity index is 491. The van der Waals surface area contributed by atoms with Crippen molar-refractivity contribution in [3.8, 4) is 5.75 Å². The van der Waals surface area contributed by atoms with Gasteiger partial charge < -0.3 is 9.84 Å². The molecule has 0 aromatic heterocycles. The Morgan fingerprint density at radius 2 is 1.86 bits per heavy atom. The van der Waals surface area contributed by atoms with E-state index in [-0.39, 0.29) is 11.3 Å². The van der Waals surface area contributed by atoms with Crippen molar-refractivity contribution in [2.24, 2.45) is 5.92 Å². The summed E-state index contributed by atoms with van der Waals surface area (Å²) in [7, 11) is 0. The molecule has 1 N–H and O–H groups in total. The van der Waals surface area contributed by atoms with Gasteiger partial charge in [-0.3, -0.25) is 4.90 Å². The third-order valence-electron chi connectivity index (χ3n) is 4.54. The molecular weight excluding hydrogens is 278 g/mol. The van der Waals surface area contributed by atoms with Crippen LogP contribution in [0.1, 0.15) is 50.4 Å². The van der Waals surface area contributed by atoms with Crippen LogP contribution in [0.2, 0.25) is 0 Å². The van der Waals surface area contributed by atoms with Crippen LogP contribution in [-0.4, -0.2) is 41.2 Å². The van der Waals surface area contributed by atoms with Gasteiger partial charge >= 0.3 is 5.97 Å². The maximum Gasteiger partial charge on any atom is 0.341 e. The Balaban J connectivity index is 1.75. The first-order chi connectivity index (χ1) is 10.5. The minimum Gasteiger partial charge on any atom is -0.507 e. The number of likely N-dealkylation sites (tertiary alicyclic amines) is 1. The van der Waals surface area contributed by atoms with Crippen LogP contribution < -0.4 is 0 Å². The molecule has 0 aliphatic carbocycles. The molecule has 0 amide bonds. The lowest BCUT2D eigenvalue weighted by Gasteiger charge is -2.41. The Hall–Kier alpha value is -1.55. The summed E-state index contributed by atoms with van der Waals surface area (Å²) in [6, 6.07) is 7.66. The molecule has 2 unspecified atom stereocenters. The molecule has 1 aliphatic heterocycles. The second kappa shape index (κ2) is 7.63. The molecule has 0 spiro atoms. The smallest absolute Gasteiger partial charge is 0.341 e. The van der Waals surface area contributed by atoms with Gasteiger partial charge in [0.2, 0.25) is 0 Å². The molecule has 1 fully saturated rings. The first kappa shape index (κ1) is 16.8. The molecular formula is C18H27NO3. The zero-order valence-electron chi connectivity index (χ0n) is 13.8. The van der Waals surface area contributed by atoms with Crippen molar-refractivity contribution in [2.75, 3.05) is 13.2 Å². The molecule has 2 rings (SSSR count). The van der Waals surface area contributed by atoms with Gasteiger partial charge in [-0.25, -0.2) is 4.79 Å². The third kappa shape index (κ3) is 4.23. The van der Waals surface area contributed by atoms with Crippen molar-refractivity contribution in [3.05, 3.63) is 29.8 Å². The largest absolute Gasteiger partial charge is 0.507 e. The van der Waals surface area contributed by atoms with Gasteiger partial charge in [0.05, 0.1) is 6.61 Å². The number of ether oxygens (including phenoxy) is 1. The van der Waals surface area contributed by atoms with Crippen LogP contribution in [0.5, 0.6) is 5.75 Å². The lowest BCUT2D eigenvalue weighted by molar-refractivity contribution is 0.0415. The molecule has 1 aromatic carbocycles. The van der Waals surface area contributed by atoms with Gasteiger partial charge in [0.1, 0.15) is 11.3 Å². The second-order valence-electron chi connectivity index (χ2n) is 6.52. The van der Waals surface area contributed by atoms with Gasteiger partial charge in [0.15, 0.2) is 0 Å². The number of hydrogen-bond acceptors (Lipinski definition) is 4. The van der Waals surface area contributed by atoms with Gasteiger partial charge in [-0.2, -0.15) is 0 Å². The minimum absolute atomic E-state index is 0.0280. The summed E-state index contributed by atoms with van der Waals surface area (Å²) in [4.78, 5) is 14.4. The molecule has 0 saturated carbocycles. The molecule has 2 atom stereocenters. The average molecular weight is 305 g/mol. The number of esters is 1. The average Bonchev–Trinajstić information content (AvgIpc) is 2.45. The Morgan fingerprint density at radius 3 is 2.50 bits per heavy atom. The summed E-state index contributed by atoms with van der Waals surface area (Å²) < 4.78 is 5.27. The van der Waals surface area contributed by atoms with Crippen molar-refractivity contribution in [1.82, 2.24) is 4.90 Å². The highest BCUT2D eigenvalue weighted by Crippen LogP contribution is 2.27. The minimum atomic E-state index is -0.452. The fourth-order valence-electron chi connectivity index (χ4n) is 3.54. The number of carbonyl (C=O) groups is 1. The number of carbonyl (C=O) groups excluding carboxylic acids is 1. The molecule has 1 aromatic rings. The van der Waals surface area contributed by atoms with Crippen LogP contribution in [0, 0.1) is 5.92 Å². The summed E-state index contributed by atoms with van der Waals surface area (Å²) in [6.45, 7) is 8.21. The topological polar surface area (TPSA) is 49.8 Å². The maximum absolute atomic E-state index is 11.9. The van der Waals surface area contributed by atoms with Gasteiger partial charge in [-0.15, -0.1) is 0 Å². The molecule has 4 nitrogen and oxygen atoms in total. The number of aromatic hydroxyl groups is 1. The Kier molecular flexibility index (Phi) is 5.83. The highest BCUT2D eigenvalue weighted by molar-refractivity contribution is 5.92. The molecule has 1 aliphatic rings. The standard InChI is InChI=1S/C18H27NO3/c1-13-11-14(2)19(15(3)12-13)9-6-10-22-18(21)16-7-4-5-8-17(16)20/h4-5,7-8,13-15,20H,6,9-12H2,1-3H3. The summed E-state index contributed by atoms with van der Waals surface area (Å²) in [5.41, 5.74) is 0.232. The monoisotopic (exact) mass is 305 g/mol. The number of piperidine rings is 1. The van der Waals surface area contributed by atoms with Crippen molar-refractivity contribution in [2.45, 2.75) is 52.1 Å². The van der Waals surface area contributed by atoms with Gasteiger partial charge in [0, 0.05) is 18.6 Å². The van der Waals surface area contributed by atoms with E-state index in [1.807, 2.05) is 0 Å². The first-order valence-corrected chi connectivity index (χ1v) is 8.20. The fourth-order valence-corrected chi connectivity index (χ4v) is 3.54. The van der Waals surface area contributed by atoms with E-state index in [1.165, 1.54) is 18.9 Å². The molecule has 0 radical (unpaired) electrons. The van der Waals surface area contributed by atoms with Crippen LogP contribution in [0.3, 0.4) is 0 Å². The van der Waals surface area contributed by atoms with E-state index < -0.39 is 5.97 Å². The van der Waals surface area contributed by atoms with E-state index in [0.29, 0.717) is 18.7 Å². The van der Waals surface area contributed by atoms with Gasteiger partial charge in [0.25, 0.3) is 0 Å². The van der Waals surface area contributed by atoms with Gasteiger partial charge in [-0.05, 0) is 51.2 Å². The molecule has 4 heteroatoms. The van der Waals surface area contributed by atoms with Crippen molar-refractivity contribution in [1.29, 1.82) is 0 Å². The second-order valence-corrected chi connectivity index (χ2v) is 6.52. The number of para-hydroxylation sites is 1.